The van der Waals surface area contributed by atoms with E-state index in [0.29, 0.717) is 47.0 Å². The molecule has 6 N–H and O–H groups in total. The summed E-state index contributed by atoms with van der Waals surface area (Å²) in [5.41, 5.74) is 9.76. The number of nitrogens with one attached hydrogen (secondary N) is 3. The Hall–Kier alpha value is -3.54. The number of carbonyl (C=O) groups is 2. The maximum atomic E-state index is 12.3. The summed E-state index contributed by atoms with van der Waals surface area (Å²) in [6.45, 7) is 0.624. The van der Waals surface area contributed by atoms with Crippen LogP contribution in [0.4, 0.5) is 23.1 Å². The Balaban J connectivity index is 1.50. The molecule has 2 heterocycles. The molecule has 0 spiro atoms. The average molecular weight is 540 g/mol. The van der Waals surface area contributed by atoms with Gasteiger partial charge in [-0.2, -0.15) is 4.98 Å². The van der Waals surface area contributed by atoms with Gasteiger partial charge in [0.25, 0.3) is 5.91 Å². The van der Waals surface area contributed by atoms with Crippen LogP contribution in [-0.4, -0.2) is 58.0 Å². The second-order valence-corrected chi connectivity index (χ2v) is 8.90. The number of benzene rings is 2. The number of anilines is 4. The standard InChI is InChI=1S/C24H26BrN7O3/c1-27-22(34)17-4-2-3-5-20(17)30-21-18(25)11-28-24(31-21)29-16-7-6-15-12-32(9-8-14(15)10-16)23(35)19(26)13-33/h2-7,10-11,19,33H,8-9,12-13,26H2,1H3,(H,27,34)(H2,28,29,30,31). The van der Waals surface area contributed by atoms with Crippen LogP contribution in [0.1, 0.15) is 21.5 Å². The fourth-order valence-electron chi connectivity index (χ4n) is 3.83. The van der Waals surface area contributed by atoms with Gasteiger partial charge >= 0.3 is 0 Å². The van der Waals surface area contributed by atoms with Crippen molar-refractivity contribution in [3.05, 3.63) is 69.8 Å². The van der Waals surface area contributed by atoms with Gasteiger partial charge in [0.2, 0.25) is 11.9 Å². The Morgan fingerprint density at radius 1 is 1.20 bits per heavy atom. The summed E-state index contributed by atoms with van der Waals surface area (Å²) >= 11 is 3.46. The van der Waals surface area contributed by atoms with E-state index in [1.807, 2.05) is 24.3 Å². The fourth-order valence-corrected chi connectivity index (χ4v) is 4.12. The molecule has 1 aromatic heterocycles. The normalized spacial score (nSPS) is 13.5. The van der Waals surface area contributed by atoms with E-state index in [1.54, 1.807) is 36.3 Å². The van der Waals surface area contributed by atoms with Crippen LogP contribution < -0.4 is 21.7 Å². The number of hydrogen-bond donors (Lipinski definition) is 5. The molecule has 0 saturated heterocycles. The molecule has 0 fully saturated rings. The van der Waals surface area contributed by atoms with Crippen molar-refractivity contribution < 1.29 is 14.7 Å². The van der Waals surface area contributed by atoms with E-state index < -0.39 is 6.04 Å². The second-order valence-electron chi connectivity index (χ2n) is 8.05. The molecule has 3 aromatic rings. The maximum absolute atomic E-state index is 12.3. The van der Waals surface area contributed by atoms with Gasteiger partial charge in [-0.15, -0.1) is 0 Å². The highest BCUT2D eigenvalue weighted by molar-refractivity contribution is 9.10. The molecule has 0 radical (unpaired) electrons. The Morgan fingerprint density at radius 2 is 2.00 bits per heavy atom. The van der Waals surface area contributed by atoms with E-state index in [9.17, 15) is 9.59 Å². The van der Waals surface area contributed by atoms with Crippen LogP contribution in [0.3, 0.4) is 0 Å². The number of aliphatic hydroxyl groups excluding tert-OH is 1. The van der Waals surface area contributed by atoms with Gasteiger partial charge in [-0.3, -0.25) is 9.59 Å². The highest BCUT2D eigenvalue weighted by Crippen LogP contribution is 2.28. The van der Waals surface area contributed by atoms with Crippen molar-refractivity contribution in [3.8, 4) is 0 Å². The average Bonchev–Trinajstić information content (AvgIpc) is 2.89. The predicted octanol–water partition coefficient (Wildman–Crippen LogP) is 2.29. The smallest absolute Gasteiger partial charge is 0.253 e. The zero-order valence-electron chi connectivity index (χ0n) is 19.1. The molecule has 1 unspecified atom stereocenters. The van der Waals surface area contributed by atoms with Crippen molar-refractivity contribution in [1.82, 2.24) is 20.2 Å². The number of fused-ring (bicyclic) bond motifs is 1. The van der Waals surface area contributed by atoms with Crippen LogP contribution in [-0.2, 0) is 17.8 Å². The zero-order chi connectivity index (χ0) is 24.9. The molecule has 2 aromatic carbocycles. The quantitative estimate of drug-likeness (QED) is 0.307. The van der Waals surface area contributed by atoms with Crippen molar-refractivity contribution in [2.75, 3.05) is 30.8 Å². The largest absolute Gasteiger partial charge is 0.394 e. The van der Waals surface area contributed by atoms with E-state index in [4.69, 9.17) is 10.8 Å². The molecule has 10 nitrogen and oxygen atoms in total. The minimum Gasteiger partial charge on any atom is -0.394 e. The minimum atomic E-state index is -0.891. The molecular weight excluding hydrogens is 514 g/mol. The fraction of sp³-hybridized carbons (Fsp3) is 0.250. The number of para-hydroxylation sites is 1. The van der Waals surface area contributed by atoms with Gasteiger partial charge in [0.15, 0.2) is 0 Å². The van der Waals surface area contributed by atoms with E-state index in [2.05, 4.69) is 41.8 Å². The molecule has 182 valence electrons. The molecule has 35 heavy (non-hydrogen) atoms. The number of nitrogens with two attached hydrogens (primary N) is 1. The first-order chi connectivity index (χ1) is 16.9. The van der Waals surface area contributed by atoms with Gasteiger partial charge in [0.05, 0.1) is 22.3 Å². The Labute approximate surface area is 211 Å². The molecular formula is C24H26BrN7O3. The summed E-state index contributed by atoms with van der Waals surface area (Å²) in [4.78, 5) is 35.1. The molecule has 1 aliphatic rings. The molecule has 0 aliphatic carbocycles. The monoisotopic (exact) mass is 539 g/mol. The number of rotatable bonds is 7. The lowest BCUT2D eigenvalue weighted by molar-refractivity contribution is -0.134. The second kappa shape index (κ2) is 10.8. The SMILES string of the molecule is CNC(=O)c1ccccc1Nc1nc(Nc2ccc3c(c2)CCN(C(=O)C(N)CO)C3)ncc1Br. The molecule has 0 bridgehead atoms. The highest BCUT2D eigenvalue weighted by Gasteiger charge is 2.24. The number of halogens is 1. The van der Waals surface area contributed by atoms with E-state index in [1.165, 1.54) is 0 Å². The van der Waals surface area contributed by atoms with Crippen LogP contribution in [0.15, 0.2) is 53.1 Å². The zero-order valence-corrected chi connectivity index (χ0v) is 20.7. The van der Waals surface area contributed by atoms with E-state index in [0.717, 1.165) is 16.8 Å². The summed E-state index contributed by atoms with van der Waals surface area (Å²) in [6.07, 6.45) is 2.31. The Bertz CT molecular complexity index is 1250. The topological polar surface area (TPSA) is 146 Å². The molecule has 1 aliphatic heterocycles. The van der Waals surface area contributed by atoms with Crippen LogP contribution in [0.2, 0.25) is 0 Å². The summed E-state index contributed by atoms with van der Waals surface area (Å²) in [7, 11) is 1.58. The van der Waals surface area contributed by atoms with E-state index >= 15 is 0 Å². The van der Waals surface area contributed by atoms with Crippen molar-refractivity contribution >= 4 is 50.9 Å². The number of hydrogen-bond acceptors (Lipinski definition) is 8. The number of aromatic nitrogens is 2. The van der Waals surface area contributed by atoms with Crippen LogP contribution in [0, 0.1) is 0 Å². The highest BCUT2D eigenvalue weighted by atomic mass is 79.9. The van der Waals surface area contributed by atoms with Crippen LogP contribution in [0.25, 0.3) is 0 Å². The van der Waals surface area contributed by atoms with Crippen molar-refractivity contribution in [2.45, 2.75) is 19.0 Å². The van der Waals surface area contributed by atoms with Crippen LogP contribution >= 0.6 is 15.9 Å². The lowest BCUT2D eigenvalue weighted by Crippen LogP contribution is -2.47. The Kier molecular flexibility index (Phi) is 7.59. The first-order valence-corrected chi connectivity index (χ1v) is 11.8. The summed E-state index contributed by atoms with van der Waals surface area (Å²) in [5, 5.41) is 18.2. The number of aliphatic hydroxyl groups is 1. The number of carbonyl (C=O) groups excluding carboxylic acids is 2. The third-order valence-electron chi connectivity index (χ3n) is 5.70. The number of amides is 2. The number of nitrogens with zero attached hydrogens (tertiary/aromatic N) is 3. The van der Waals surface area contributed by atoms with Gasteiger partial charge in [0.1, 0.15) is 11.9 Å². The summed E-state index contributed by atoms with van der Waals surface area (Å²) in [6, 6.07) is 12.1. The molecule has 11 heteroatoms. The molecule has 2 amide bonds. The van der Waals surface area contributed by atoms with E-state index in [-0.39, 0.29) is 18.4 Å². The predicted molar refractivity (Wildman–Crippen MR) is 137 cm³/mol. The maximum Gasteiger partial charge on any atom is 0.253 e. The van der Waals surface area contributed by atoms with Crippen molar-refractivity contribution in [1.29, 1.82) is 0 Å². The lowest BCUT2D eigenvalue weighted by atomic mass is 9.98. The third-order valence-corrected chi connectivity index (χ3v) is 6.28. The lowest BCUT2D eigenvalue weighted by Gasteiger charge is -2.30. The molecule has 0 saturated carbocycles. The summed E-state index contributed by atoms with van der Waals surface area (Å²) in [5.74, 6) is 0.437. The Morgan fingerprint density at radius 3 is 2.77 bits per heavy atom. The van der Waals surface area contributed by atoms with Gasteiger partial charge in [-0.05, 0) is 57.7 Å². The molecule has 1 atom stereocenters. The first-order valence-electron chi connectivity index (χ1n) is 11.0. The van der Waals surface area contributed by atoms with Crippen molar-refractivity contribution in [2.24, 2.45) is 5.73 Å². The molecule has 4 rings (SSSR count). The van der Waals surface area contributed by atoms with Crippen LogP contribution in [0.5, 0.6) is 0 Å². The third kappa shape index (κ3) is 5.59. The van der Waals surface area contributed by atoms with Gasteiger partial charge in [-0.25, -0.2) is 4.98 Å². The van der Waals surface area contributed by atoms with Gasteiger partial charge < -0.3 is 31.7 Å². The van der Waals surface area contributed by atoms with Crippen molar-refractivity contribution in [3.63, 3.8) is 0 Å². The summed E-state index contributed by atoms with van der Waals surface area (Å²) < 4.78 is 0.644. The van der Waals surface area contributed by atoms with Gasteiger partial charge in [-0.1, -0.05) is 18.2 Å². The van der Waals surface area contributed by atoms with Gasteiger partial charge in [0, 0.05) is 32.0 Å². The minimum absolute atomic E-state index is 0.204. The first kappa shape index (κ1) is 24.6.